The largest absolute Gasteiger partial charge is 0.399 e. The van der Waals surface area contributed by atoms with Gasteiger partial charge in [0, 0.05) is 36.4 Å². The highest BCUT2D eigenvalue weighted by molar-refractivity contribution is 5.95. The van der Waals surface area contributed by atoms with E-state index in [-0.39, 0.29) is 24.4 Å². The Kier molecular flexibility index (Phi) is 6.30. The molecule has 0 aromatic heterocycles. The van der Waals surface area contributed by atoms with Gasteiger partial charge < -0.3 is 16.0 Å². The van der Waals surface area contributed by atoms with Crippen LogP contribution in [0.3, 0.4) is 0 Å². The van der Waals surface area contributed by atoms with Crippen LogP contribution in [-0.2, 0) is 0 Å². The lowest BCUT2D eigenvalue weighted by atomic mass is 10.0. The highest BCUT2D eigenvalue weighted by Gasteiger charge is 2.22. The van der Waals surface area contributed by atoms with Gasteiger partial charge in [0.05, 0.1) is 0 Å². The van der Waals surface area contributed by atoms with Crippen LogP contribution in [0.1, 0.15) is 37.0 Å². The van der Waals surface area contributed by atoms with Crippen LogP contribution in [0.15, 0.2) is 24.3 Å². The number of hydrogen-bond acceptors (Lipinski definition) is 3. The molecular formula is C15H24ClN3O. The van der Waals surface area contributed by atoms with Gasteiger partial charge in [-0.1, -0.05) is 6.07 Å². The second-order valence-corrected chi connectivity index (χ2v) is 5.50. The maximum absolute atomic E-state index is 12.1. The molecule has 4 nitrogen and oxygen atoms in total. The lowest BCUT2D eigenvalue weighted by Gasteiger charge is -2.34. The molecule has 5 heteroatoms. The third kappa shape index (κ3) is 4.39. The zero-order valence-electron chi connectivity index (χ0n) is 12.1. The molecule has 1 aliphatic rings. The minimum atomic E-state index is -0.0182. The van der Waals surface area contributed by atoms with Crippen molar-refractivity contribution < 1.29 is 4.79 Å². The fraction of sp³-hybridized carbons (Fsp3) is 0.533. The van der Waals surface area contributed by atoms with Gasteiger partial charge in [0.25, 0.3) is 5.91 Å². The van der Waals surface area contributed by atoms with E-state index in [1.165, 1.54) is 0 Å². The molecule has 0 bridgehead atoms. The summed E-state index contributed by atoms with van der Waals surface area (Å²) in [5, 5.41) is 3.10. The van der Waals surface area contributed by atoms with Crippen LogP contribution in [-0.4, -0.2) is 36.0 Å². The van der Waals surface area contributed by atoms with E-state index in [9.17, 15) is 4.79 Å². The Morgan fingerprint density at radius 2 is 2.00 bits per heavy atom. The van der Waals surface area contributed by atoms with Crippen LogP contribution >= 0.6 is 12.4 Å². The number of nitrogens with one attached hydrogen (secondary N) is 1. The Morgan fingerprint density at radius 1 is 1.35 bits per heavy atom. The molecule has 1 aliphatic heterocycles. The molecule has 0 radical (unpaired) electrons. The number of anilines is 1. The van der Waals surface area contributed by atoms with E-state index < -0.39 is 0 Å². The van der Waals surface area contributed by atoms with Crippen LogP contribution < -0.4 is 11.1 Å². The number of likely N-dealkylation sites (tertiary alicyclic amines) is 1. The van der Waals surface area contributed by atoms with E-state index in [0.29, 0.717) is 17.3 Å². The normalized spacial score (nSPS) is 16.8. The van der Waals surface area contributed by atoms with Crippen molar-refractivity contribution in [3.8, 4) is 0 Å². The quantitative estimate of drug-likeness (QED) is 0.842. The zero-order chi connectivity index (χ0) is 13.8. The topological polar surface area (TPSA) is 58.4 Å². The first-order valence-electron chi connectivity index (χ1n) is 6.96. The number of nitrogen functional groups attached to an aromatic ring is 1. The Morgan fingerprint density at radius 3 is 2.55 bits per heavy atom. The second-order valence-electron chi connectivity index (χ2n) is 5.50. The summed E-state index contributed by atoms with van der Waals surface area (Å²) in [5.74, 6) is -0.0182. The molecule has 0 saturated carbocycles. The lowest BCUT2D eigenvalue weighted by molar-refractivity contribution is 0.0900. The lowest BCUT2D eigenvalue weighted by Crippen LogP contribution is -2.46. The van der Waals surface area contributed by atoms with Gasteiger partial charge in [0.15, 0.2) is 0 Å². The molecule has 1 fully saturated rings. The predicted molar refractivity (Wildman–Crippen MR) is 85.3 cm³/mol. The van der Waals surface area contributed by atoms with Crippen molar-refractivity contribution in [3.05, 3.63) is 29.8 Å². The number of nitrogens with two attached hydrogens (primary N) is 1. The summed E-state index contributed by atoms with van der Waals surface area (Å²) >= 11 is 0. The molecule has 112 valence electrons. The van der Waals surface area contributed by atoms with Crippen molar-refractivity contribution in [2.75, 3.05) is 18.8 Å². The van der Waals surface area contributed by atoms with Gasteiger partial charge in [0.2, 0.25) is 0 Å². The van der Waals surface area contributed by atoms with Gasteiger partial charge in [-0.25, -0.2) is 0 Å². The first kappa shape index (κ1) is 16.8. The van der Waals surface area contributed by atoms with Crippen molar-refractivity contribution in [2.24, 2.45) is 0 Å². The number of halogens is 1. The van der Waals surface area contributed by atoms with Gasteiger partial charge >= 0.3 is 0 Å². The Hall–Kier alpha value is -1.26. The molecule has 0 atom stereocenters. The summed E-state index contributed by atoms with van der Waals surface area (Å²) in [5.41, 5.74) is 6.97. The molecule has 0 aliphatic carbocycles. The monoisotopic (exact) mass is 297 g/mol. The van der Waals surface area contributed by atoms with Crippen molar-refractivity contribution in [1.82, 2.24) is 10.2 Å². The smallest absolute Gasteiger partial charge is 0.251 e. The molecule has 1 heterocycles. The molecule has 2 rings (SSSR count). The Labute approximate surface area is 127 Å². The van der Waals surface area contributed by atoms with Crippen LogP contribution in [0, 0.1) is 0 Å². The van der Waals surface area contributed by atoms with Crippen LogP contribution in [0.5, 0.6) is 0 Å². The summed E-state index contributed by atoms with van der Waals surface area (Å²) in [7, 11) is 0. The maximum atomic E-state index is 12.1. The average molecular weight is 298 g/mol. The van der Waals surface area contributed by atoms with Crippen molar-refractivity contribution >= 4 is 24.0 Å². The summed E-state index contributed by atoms with van der Waals surface area (Å²) in [6, 6.07) is 7.99. The molecule has 1 saturated heterocycles. The zero-order valence-corrected chi connectivity index (χ0v) is 13.0. The molecule has 1 aromatic carbocycles. The standard InChI is InChI=1S/C15H23N3O.ClH/c1-11(2)18-8-6-14(7-9-18)17-15(19)12-4-3-5-13(16)10-12;/h3-5,10-11,14H,6-9,16H2,1-2H3,(H,17,19);1H. The number of piperidine rings is 1. The minimum absolute atomic E-state index is 0. The number of rotatable bonds is 3. The second kappa shape index (κ2) is 7.50. The van der Waals surface area contributed by atoms with Gasteiger partial charge in [-0.2, -0.15) is 0 Å². The summed E-state index contributed by atoms with van der Waals surface area (Å²) in [4.78, 5) is 14.5. The van der Waals surface area contributed by atoms with Gasteiger partial charge in [-0.15, -0.1) is 12.4 Å². The van der Waals surface area contributed by atoms with Crippen LogP contribution in [0.2, 0.25) is 0 Å². The molecular weight excluding hydrogens is 274 g/mol. The van der Waals surface area contributed by atoms with E-state index in [1.54, 1.807) is 18.2 Å². The van der Waals surface area contributed by atoms with E-state index in [0.717, 1.165) is 25.9 Å². The fourth-order valence-electron chi connectivity index (χ4n) is 2.51. The summed E-state index contributed by atoms with van der Waals surface area (Å²) in [6.45, 7) is 6.54. The molecule has 1 aromatic rings. The van der Waals surface area contributed by atoms with E-state index >= 15 is 0 Å². The summed E-state index contributed by atoms with van der Waals surface area (Å²) < 4.78 is 0. The number of amides is 1. The van der Waals surface area contributed by atoms with Crippen molar-refractivity contribution in [2.45, 2.75) is 38.8 Å². The van der Waals surface area contributed by atoms with E-state index in [1.807, 2.05) is 6.07 Å². The Bertz CT molecular complexity index is 442. The number of carbonyl (C=O) groups excluding carboxylic acids is 1. The van der Waals surface area contributed by atoms with Gasteiger partial charge in [-0.05, 0) is 44.9 Å². The predicted octanol–water partition coefficient (Wildman–Crippen LogP) is 2.29. The fourth-order valence-corrected chi connectivity index (χ4v) is 2.51. The highest BCUT2D eigenvalue weighted by Crippen LogP contribution is 2.14. The highest BCUT2D eigenvalue weighted by atomic mass is 35.5. The van der Waals surface area contributed by atoms with Crippen LogP contribution in [0.4, 0.5) is 5.69 Å². The Balaban J connectivity index is 0.00000200. The third-order valence-electron chi connectivity index (χ3n) is 3.74. The molecule has 20 heavy (non-hydrogen) atoms. The third-order valence-corrected chi connectivity index (χ3v) is 3.74. The molecule has 3 N–H and O–H groups in total. The first-order chi connectivity index (χ1) is 9.06. The number of nitrogens with zero attached hydrogens (tertiary/aromatic N) is 1. The van der Waals surface area contributed by atoms with Crippen molar-refractivity contribution in [3.63, 3.8) is 0 Å². The van der Waals surface area contributed by atoms with E-state index in [4.69, 9.17) is 5.73 Å². The number of hydrogen-bond donors (Lipinski definition) is 2. The van der Waals surface area contributed by atoms with Crippen molar-refractivity contribution in [1.29, 1.82) is 0 Å². The average Bonchev–Trinajstić information content (AvgIpc) is 2.39. The minimum Gasteiger partial charge on any atom is -0.399 e. The molecule has 1 amide bonds. The van der Waals surface area contributed by atoms with Crippen LogP contribution in [0.25, 0.3) is 0 Å². The number of benzene rings is 1. The molecule has 0 spiro atoms. The SMILES string of the molecule is CC(C)N1CCC(NC(=O)c2cccc(N)c2)CC1.Cl. The summed E-state index contributed by atoms with van der Waals surface area (Å²) in [6.07, 6.45) is 2.04. The van der Waals surface area contributed by atoms with E-state index in [2.05, 4.69) is 24.1 Å². The number of carbonyl (C=O) groups is 1. The maximum Gasteiger partial charge on any atom is 0.251 e. The van der Waals surface area contributed by atoms with Gasteiger partial charge in [0.1, 0.15) is 0 Å². The molecule has 0 unspecified atom stereocenters. The van der Waals surface area contributed by atoms with Gasteiger partial charge in [-0.3, -0.25) is 4.79 Å². The first-order valence-corrected chi connectivity index (χ1v) is 6.96.